The summed E-state index contributed by atoms with van der Waals surface area (Å²) in [5.74, 6) is 0.207. The van der Waals surface area contributed by atoms with E-state index in [0.717, 1.165) is 22.7 Å². The smallest absolute Gasteiger partial charge is 0.293 e. The molecular formula is C19H15ClFNO4S. The molecule has 2 aromatic carbocycles. The number of nitrogens with zero attached hydrogens (tertiary/aromatic N) is 1. The molecule has 1 aliphatic rings. The lowest BCUT2D eigenvalue weighted by Gasteiger charge is -2.13. The van der Waals surface area contributed by atoms with Crippen LogP contribution in [0.3, 0.4) is 0 Å². The molecule has 2 amide bonds. The number of methoxy groups -OCH3 is 2. The monoisotopic (exact) mass is 407 g/mol. The van der Waals surface area contributed by atoms with E-state index in [1.807, 2.05) is 0 Å². The molecule has 0 N–H and O–H groups in total. The lowest BCUT2D eigenvalue weighted by molar-refractivity contribution is -0.123. The molecule has 1 fully saturated rings. The number of imide groups is 1. The highest BCUT2D eigenvalue weighted by molar-refractivity contribution is 8.18. The Kier molecular flexibility index (Phi) is 5.72. The third-order valence-electron chi connectivity index (χ3n) is 3.94. The second-order valence-electron chi connectivity index (χ2n) is 5.61. The largest absolute Gasteiger partial charge is 0.497 e. The molecule has 0 aliphatic carbocycles. The fourth-order valence-corrected chi connectivity index (χ4v) is 3.59. The Morgan fingerprint density at radius 2 is 1.93 bits per heavy atom. The quantitative estimate of drug-likeness (QED) is 0.670. The van der Waals surface area contributed by atoms with Crippen molar-refractivity contribution in [2.75, 3.05) is 14.2 Å². The van der Waals surface area contributed by atoms with E-state index >= 15 is 0 Å². The fourth-order valence-electron chi connectivity index (χ4n) is 2.54. The molecule has 140 valence electrons. The molecule has 3 rings (SSSR count). The summed E-state index contributed by atoms with van der Waals surface area (Å²) in [5.41, 5.74) is 1.13. The average molecular weight is 408 g/mol. The topological polar surface area (TPSA) is 55.8 Å². The zero-order valence-corrected chi connectivity index (χ0v) is 16.1. The lowest BCUT2D eigenvalue weighted by atomic mass is 10.1. The first-order valence-corrected chi connectivity index (χ1v) is 9.03. The standard InChI is InChI=1S/C19H15ClFNO4S/c1-25-14-6-4-11(16(9-14)26-2)7-17-18(23)22(19(24)27-17)10-12-3-5-13(21)8-15(12)20/h3-9H,10H2,1-2H3/b17-7-. The van der Waals surface area contributed by atoms with Crippen molar-refractivity contribution in [3.05, 3.63) is 63.3 Å². The van der Waals surface area contributed by atoms with Crippen molar-refractivity contribution in [3.8, 4) is 11.5 Å². The van der Waals surface area contributed by atoms with Crippen molar-refractivity contribution >= 4 is 40.6 Å². The Hall–Kier alpha value is -2.51. The maximum Gasteiger partial charge on any atom is 0.293 e. The highest BCUT2D eigenvalue weighted by atomic mass is 35.5. The first-order chi connectivity index (χ1) is 12.9. The minimum atomic E-state index is -0.482. The first-order valence-electron chi connectivity index (χ1n) is 7.84. The van der Waals surface area contributed by atoms with Crippen molar-refractivity contribution in [2.45, 2.75) is 6.54 Å². The Morgan fingerprint density at radius 1 is 1.15 bits per heavy atom. The fraction of sp³-hybridized carbons (Fsp3) is 0.158. The third-order valence-corrected chi connectivity index (χ3v) is 5.20. The van der Waals surface area contributed by atoms with Gasteiger partial charge in [0.15, 0.2) is 0 Å². The van der Waals surface area contributed by atoms with Crippen LogP contribution in [0.2, 0.25) is 5.02 Å². The molecule has 0 saturated carbocycles. The van der Waals surface area contributed by atoms with Gasteiger partial charge in [-0.1, -0.05) is 17.7 Å². The third kappa shape index (κ3) is 4.09. The molecule has 0 unspecified atom stereocenters. The maximum atomic E-state index is 13.2. The molecule has 1 saturated heterocycles. The molecule has 8 heteroatoms. The van der Waals surface area contributed by atoms with E-state index in [2.05, 4.69) is 0 Å². The van der Waals surface area contributed by atoms with E-state index < -0.39 is 17.0 Å². The molecule has 1 heterocycles. The Bertz CT molecular complexity index is 947. The van der Waals surface area contributed by atoms with Gasteiger partial charge in [0.2, 0.25) is 0 Å². The van der Waals surface area contributed by atoms with Gasteiger partial charge >= 0.3 is 0 Å². The summed E-state index contributed by atoms with van der Waals surface area (Å²) >= 11 is 6.83. The predicted molar refractivity (Wildman–Crippen MR) is 102 cm³/mol. The molecule has 0 bridgehead atoms. The molecular weight excluding hydrogens is 393 g/mol. The van der Waals surface area contributed by atoms with Gasteiger partial charge in [0.25, 0.3) is 11.1 Å². The molecule has 1 aliphatic heterocycles. The summed E-state index contributed by atoms with van der Waals surface area (Å²) in [5, 5.41) is -0.256. The van der Waals surface area contributed by atoms with Gasteiger partial charge in [0.05, 0.1) is 25.7 Å². The number of hydrogen-bond acceptors (Lipinski definition) is 5. The predicted octanol–water partition coefficient (Wildman–Crippen LogP) is 4.73. The van der Waals surface area contributed by atoms with Gasteiger partial charge in [-0.05, 0) is 47.7 Å². The number of rotatable bonds is 5. The van der Waals surface area contributed by atoms with Crippen LogP contribution in [0, 0.1) is 5.82 Å². The van der Waals surface area contributed by atoms with E-state index in [-0.39, 0.29) is 16.5 Å². The summed E-state index contributed by atoms with van der Waals surface area (Å²) in [6.07, 6.45) is 1.59. The van der Waals surface area contributed by atoms with Crippen LogP contribution in [-0.2, 0) is 11.3 Å². The molecule has 0 spiro atoms. The van der Waals surface area contributed by atoms with Gasteiger partial charge in [-0.25, -0.2) is 4.39 Å². The van der Waals surface area contributed by atoms with Crippen LogP contribution in [0.5, 0.6) is 11.5 Å². The Morgan fingerprint density at radius 3 is 2.59 bits per heavy atom. The summed E-state index contributed by atoms with van der Waals surface area (Å²) in [7, 11) is 3.05. The van der Waals surface area contributed by atoms with Crippen molar-refractivity contribution in [3.63, 3.8) is 0 Å². The van der Waals surface area contributed by atoms with Gasteiger partial charge in [0.1, 0.15) is 17.3 Å². The number of halogens is 2. The van der Waals surface area contributed by atoms with Crippen LogP contribution < -0.4 is 9.47 Å². The summed E-state index contributed by atoms with van der Waals surface area (Å²) in [6.45, 7) is -0.0269. The zero-order valence-electron chi connectivity index (χ0n) is 14.5. The van der Waals surface area contributed by atoms with Crippen molar-refractivity contribution < 1.29 is 23.5 Å². The molecule has 0 radical (unpaired) electrons. The first kappa shape index (κ1) is 19.3. The highest BCUT2D eigenvalue weighted by Gasteiger charge is 2.35. The van der Waals surface area contributed by atoms with Crippen LogP contribution in [0.4, 0.5) is 9.18 Å². The van der Waals surface area contributed by atoms with Crippen LogP contribution in [-0.4, -0.2) is 30.3 Å². The number of carbonyl (C=O) groups excluding carboxylic acids is 2. The molecule has 27 heavy (non-hydrogen) atoms. The minimum absolute atomic E-state index is 0.0269. The number of benzene rings is 2. The van der Waals surface area contributed by atoms with Gasteiger partial charge in [-0.15, -0.1) is 0 Å². The van der Waals surface area contributed by atoms with E-state index in [1.54, 1.807) is 31.4 Å². The van der Waals surface area contributed by atoms with Crippen LogP contribution >= 0.6 is 23.4 Å². The van der Waals surface area contributed by atoms with Crippen molar-refractivity contribution in [2.24, 2.45) is 0 Å². The second-order valence-corrected chi connectivity index (χ2v) is 7.01. The number of carbonyl (C=O) groups is 2. The van der Waals surface area contributed by atoms with Crippen LogP contribution in [0.25, 0.3) is 6.08 Å². The number of ether oxygens (including phenoxy) is 2. The number of amides is 2. The van der Waals surface area contributed by atoms with Crippen molar-refractivity contribution in [1.29, 1.82) is 0 Å². The number of thioether (sulfide) groups is 1. The molecule has 2 aromatic rings. The van der Waals surface area contributed by atoms with Gasteiger partial charge in [-0.3, -0.25) is 14.5 Å². The highest BCUT2D eigenvalue weighted by Crippen LogP contribution is 2.36. The van der Waals surface area contributed by atoms with Gasteiger partial charge in [0, 0.05) is 16.7 Å². The normalized spacial score (nSPS) is 15.6. The summed E-state index contributed by atoms with van der Waals surface area (Å²) in [4.78, 5) is 26.3. The molecule has 0 atom stereocenters. The Labute approximate surface area is 164 Å². The van der Waals surface area contributed by atoms with E-state index in [0.29, 0.717) is 22.6 Å². The van der Waals surface area contributed by atoms with Gasteiger partial charge < -0.3 is 9.47 Å². The summed E-state index contributed by atoms with van der Waals surface area (Å²) in [6, 6.07) is 9.00. The van der Waals surface area contributed by atoms with Crippen LogP contribution in [0.1, 0.15) is 11.1 Å². The molecule has 0 aromatic heterocycles. The van der Waals surface area contributed by atoms with Gasteiger partial charge in [-0.2, -0.15) is 0 Å². The van der Waals surface area contributed by atoms with Crippen molar-refractivity contribution in [1.82, 2.24) is 4.90 Å². The second kappa shape index (κ2) is 8.02. The lowest BCUT2D eigenvalue weighted by Crippen LogP contribution is -2.27. The Balaban J connectivity index is 1.86. The van der Waals surface area contributed by atoms with E-state index in [4.69, 9.17) is 21.1 Å². The summed E-state index contributed by atoms with van der Waals surface area (Å²) < 4.78 is 23.6. The van der Waals surface area contributed by atoms with Crippen LogP contribution in [0.15, 0.2) is 41.3 Å². The molecule has 5 nitrogen and oxygen atoms in total. The van der Waals surface area contributed by atoms with E-state index in [1.165, 1.54) is 19.2 Å². The maximum absolute atomic E-state index is 13.2. The number of hydrogen-bond donors (Lipinski definition) is 0. The SMILES string of the molecule is COc1ccc(/C=C2\SC(=O)N(Cc3ccc(F)cc3Cl)C2=O)c(OC)c1. The minimum Gasteiger partial charge on any atom is -0.497 e. The zero-order chi connectivity index (χ0) is 19.6. The van der Waals surface area contributed by atoms with E-state index in [9.17, 15) is 14.0 Å². The average Bonchev–Trinajstić information content (AvgIpc) is 2.91.